The highest BCUT2D eigenvalue weighted by atomic mass is 16.5. The lowest BCUT2D eigenvalue weighted by Gasteiger charge is -2.24. The fourth-order valence-electron chi connectivity index (χ4n) is 1.44. The van der Waals surface area contributed by atoms with Crippen molar-refractivity contribution in [3.63, 3.8) is 0 Å². The van der Waals surface area contributed by atoms with E-state index in [9.17, 15) is 0 Å². The predicted molar refractivity (Wildman–Crippen MR) is 64.2 cm³/mol. The molecule has 0 spiro atoms. The SMILES string of the molecule is COc1cccc(C(C#N)NC(C)(C)C)c1. The van der Waals surface area contributed by atoms with Crippen molar-refractivity contribution in [1.29, 1.82) is 5.26 Å². The van der Waals surface area contributed by atoms with Crippen LogP contribution in [0, 0.1) is 11.3 Å². The van der Waals surface area contributed by atoms with Gasteiger partial charge in [0.15, 0.2) is 0 Å². The molecule has 0 saturated carbocycles. The number of benzene rings is 1. The van der Waals surface area contributed by atoms with Gasteiger partial charge in [-0.2, -0.15) is 5.26 Å². The zero-order valence-electron chi connectivity index (χ0n) is 10.2. The van der Waals surface area contributed by atoms with Crippen molar-refractivity contribution in [3.8, 4) is 11.8 Å². The summed E-state index contributed by atoms with van der Waals surface area (Å²) in [5, 5.41) is 12.4. The van der Waals surface area contributed by atoms with Gasteiger partial charge in [-0.3, -0.25) is 5.32 Å². The van der Waals surface area contributed by atoms with Gasteiger partial charge in [-0.1, -0.05) is 12.1 Å². The van der Waals surface area contributed by atoms with Crippen LogP contribution >= 0.6 is 0 Å². The van der Waals surface area contributed by atoms with Crippen LogP contribution in [-0.4, -0.2) is 12.6 Å². The van der Waals surface area contributed by atoms with Crippen LogP contribution < -0.4 is 10.1 Å². The Balaban J connectivity index is 2.92. The summed E-state index contributed by atoms with van der Waals surface area (Å²) in [5.74, 6) is 0.772. The van der Waals surface area contributed by atoms with Crippen LogP contribution in [0.5, 0.6) is 5.75 Å². The third-order valence-electron chi connectivity index (χ3n) is 2.13. The normalized spacial score (nSPS) is 12.9. The average Bonchev–Trinajstić information content (AvgIpc) is 2.25. The Labute approximate surface area is 97.0 Å². The highest BCUT2D eigenvalue weighted by Gasteiger charge is 2.18. The molecule has 1 unspecified atom stereocenters. The van der Waals surface area contributed by atoms with Crippen molar-refractivity contribution < 1.29 is 4.74 Å². The molecule has 0 aliphatic rings. The molecule has 1 N–H and O–H groups in total. The van der Waals surface area contributed by atoms with Crippen molar-refractivity contribution >= 4 is 0 Å². The second-order valence-corrected chi connectivity index (χ2v) is 4.73. The minimum absolute atomic E-state index is 0.0938. The van der Waals surface area contributed by atoms with E-state index in [1.165, 1.54) is 0 Å². The molecule has 1 atom stereocenters. The third-order valence-corrected chi connectivity index (χ3v) is 2.13. The zero-order chi connectivity index (χ0) is 12.2. The Morgan fingerprint density at radius 3 is 2.56 bits per heavy atom. The first-order valence-corrected chi connectivity index (χ1v) is 5.27. The van der Waals surface area contributed by atoms with Crippen molar-refractivity contribution in [2.24, 2.45) is 0 Å². The van der Waals surface area contributed by atoms with Crippen molar-refractivity contribution in [2.75, 3.05) is 7.11 Å². The number of nitrogens with zero attached hydrogens (tertiary/aromatic N) is 1. The van der Waals surface area contributed by atoms with E-state index in [1.807, 2.05) is 45.0 Å². The number of methoxy groups -OCH3 is 1. The first-order chi connectivity index (χ1) is 7.46. The summed E-state index contributed by atoms with van der Waals surface area (Å²) in [6.07, 6.45) is 0. The Morgan fingerprint density at radius 2 is 2.06 bits per heavy atom. The molecule has 16 heavy (non-hydrogen) atoms. The van der Waals surface area contributed by atoms with Crippen LogP contribution in [0.1, 0.15) is 32.4 Å². The molecule has 0 heterocycles. The average molecular weight is 218 g/mol. The fourth-order valence-corrected chi connectivity index (χ4v) is 1.44. The first kappa shape index (κ1) is 12.5. The molecule has 0 bridgehead atoms. The molecule has 0 amide bonds. The number of hydrogen-bond donors (Lipinski definition) is 1. The highest BCUT2D eigenvalue weighted by Crippen LogP contribution is 2.20. The van der Waals surface area contributed by atoms with E-state index in [-0.39, 0.29) is 11.6 Å². The Bertz CT molecular complexity index is 388. The molecule has 3 heteroatoms. The Kier molecular flexibility index (Phi) is 3.92. The second-order valence-electron chi connectivity index (χ2n) is 4.73. The lowest BCUT2D eigenvalue weighted by Crippen LogP contribution is -2.38. The molecule has 1 rings (SSSR count). The van der Waals surface area contributed by atoms with Gasteiger partial charge in [-0.15, -0.1) is 0 Å². The maximum Gasteiger partial charge on any atom is 0.121 e. The van der Waals surface area contributed by atoms with E-state index in [0.29, 0.717) is 0 Å². The van der Waals surface area contributed by atoms with Gasteiger partial charge in [0.1, 0.15) is 11.8 Å². The van der Waals surface area contributed by atoms with E-state index in [2.05, 4.69) is 11.4 Å². The summed E-state index contributed by atoms with van der Waals surface area (Å²) in [5.41, 5.74) is 0.834. The molecule has 0 saturated heterocycles. The summed E-state index contributed by atoms with van der Waals surface area (Å²) in [4.78, 5) is 0. The summed E-state index contributed by atoms with van der Waals surface area (Å²) >= 11 is 0. The van der Waals surface area contributed by atoms with E-state index >= 15 is 0 Å². The first-order valence-electron chi connectivity index (χ1n) is 5.27. The van der Waals surface area contributed by atoms with Crippen molar-refractivity contribution in [3.05, 3.63) is 29.8 Å². The minimum atomic E-state index is -0.310. The molecular formula is C13H18N2O. The summed E-state index contributed by atoms with van der Waals surface area (Å²) < 4.78 is 5.14. The number of nitrogens with one attached hydrogen (secondary N) is 1. The van der Waals surface area contributed by atoms with Crippen molar-refractivity contribution in [2.45, 2.75) is 32.4 Å². The molecule has 1 aromatic rings. The number of rotatable bonds is 3. The quantitative estimate of drug-likeness (QED) is 0.848. The van der Waals surface area contributed by atoms with Gasteiger partial charge in [-0.05, 0) is 38.5 Å². The van der Waals surface area contributed by atoms with Gasteiger partial charge < -0.3 is 4.74 Å². The largest absolute Gasteiger partial charge is 0.497 e. The molecule has 0 aromatic heterocycles. The second kappa shape index (κ2) is 5.00. The van der Waals surface area contributed by atoms with E-state index in [0.717, 1.165) is 11.3 Å². The number of nitriles is 1. The monoisotopic (exact) mass is 218 g/mol. The minimum Gasteiger partial charge on any atom is -0.497 e. The van der Waals surface area contributed by atoms with Crippen LogP contribution in [0.4, 0.5) is 0 Å². The molecular weight excluding hydrogens is 200 g/mol. The summed E-state index contributed by atoms with van der Waals surface area (Å²) in [6.45, 7) is 6.12. The highest BCUT2D eigenvalue weighted by molar-refractivity contribution is 5.33. The van der Waals surface area contributed by atoms with E-state index < -0.39 is 0 Å². The van der Waals surface area contributed by atoms with Gasteiger partial charge in [0.2, 0.25) is 0 Å². The maximum absolute atomic E-state index is 9.15. The van der Waals surface area contributed by atoms with Gasteiger partial charge in [0.25, 0.3) is 0 Å². The molecule has 3 nitrogen and oxygen atoms in total. The maximum atomic E-state index is 9.15. The molecule has 0 fully saturated rings. The topological polar surface area (TPSA) is 45.0 Å². The van der Waals surface area contributed by atoms with Gasteiger partial charge in [0.05, 0.1) is 13.2 Å². The van der Waals surface area contributed by atoms with Crippen LogP contribution in [0.3, 0.4) is 0 Å². The Hall–Kier alpha value is -1.53. The van der Waals surface area contributed by atoms with Crippen LogP contribution in [0.15, 0.2) is 24.3 Å². The van der Waals surface area contributed by atoms with Crippen LogP contribution in [-0.2, 0) is 0 Å². The Morgan fingerprint density at radius 1 is 1.38 bits per heavy atom. The molecule has 0 aliphatic carbocycles. The predicted octanol–water partition coefficient (Wildman–Crippen LogP) is 2.65. The molecule has 0 aliphatic heterocycles. The standard InChI is InChI=1S/C13H18N2O/c1-13(2,3)15-12(9-14)10-6-5-7-11(8-10)16-4/h5-8,12,15H,1-4H3. The van der Waals surface area contributed by atoms with Gasteiger partial charge in [-0.25, -0.2) is 0 Å². The fraction of sp³-hybridized carbons (Fsp3) is 0.462. The zero-order valence-corrected chi connectivity index (χ0v) is 10.2. The lowest BCUT2D eigenvalue weighted by atomic mass is 10.0. The van der Waals surface area contributed by atoms with Crippen molar-refractivity contribution in [1.82, 2.24) is 5.32 Å². The summed E-state index contributed by atoms with van der Waals surface area (Å²) in [6, 6.07) is 9.52. The van der Waals surface area contributed by atoms with E-state index in [4.69, 9.17) is 10.00 Å². The molecule has 0 radical (unpaired) electrons. The van der Waals surface area contributed by atoms with Gasteiger partial charge >= 0.3 is 0 Å². The van der Waals surface area contributed by atoms with Gasteiger partial charge in [0, 0.05) is 5.54 Å². The smallest absolute Gasteiger partial charge is 0.121 e. The molecule has 86 valence electrons. The summed E-state index contributed by atoms with van der Waals surface area (Å²) in [7, 11) is 1.62. The number of hydrogen-bond acceptors (Lipinski definition) is 3. The van der Waals surface area contributed by atoms with Crippen LogP contribution in [0.25, 0.3) is 0 Å². The number of ether oxygens (including phenoxy) is 1. The third kappa shape index (κ3) is 3.56. The van der Waals surface area contributed by atoms with E-state index in [1.54, 1.807) is 7.11 Å². The lowest BCUT2D eigenvalue weighted by molar-refractivity contribution is 0.395. The molecule has 1 aromatic carbocycles. The van der Waals surface area contributed by atoms with Crippen LogP contribution in [0.2, 0.25) is 0 Å².